The number of benzene rings is 1. The number of nitrogens with one attached hydrogen (secondary N) is 1. The van der Waals surface area contributed by atoms with Gasteiger partial charge in [0.2, 0.25) is 11.8 Å². The Labute approximate surface area is 130 Å². The summed E-state index contributed by atoms with van der Waals surface area (Å²) in [5, 5.41) is 3.37. The van der Waals surface area contributed by atoms with Gasteiger partial charge in [-0.25, -0.2) is 0 Å². The smallest absolute Gasteiger partial charge is 0.232 e. The van der Waals surface area contributed by atoms with Gasteiger partial charge in [-0.05, 0) is 30.4 Å². The van der Waals surface area contributed by atoms with Gasteiger partial charge in [-0.1, -0.05) is 36.7 Å². The van der Waals surface area contributed by atoms with Gasteiger partial charge in [0.15, 0.2) is 0 Å². The third-order valence-corrected chi connectivity index (χ3v) is 4.25. The van der Waals surface area contributed by atoms with Crippen LogP contribution in [0.5, 0.6) is 0 Å². The Balaban J connectivity index is 1.77. The standard InChI is InChI=1S/C16H21ClN2O2/c1-12-6-8-19(9-7-12)16(21)10-15(20)18-11-13-4-2-3-5-14(13)17/h2-5,12H,6-11H2,1H3,(H,18,20). The summed E-state index contributed by atoms with van der Waals surface area (Å²) in [6.45, 7) is 4.07. The fraction of sp³-hybridized carbons (Fsp3) is 0.500. The van der Waals surface area contributed by atoms with Crippen LogP contribution >= 0.6 is 11.6 Å². The third-order valence-electron chi connectivity index (χ3n) is 3.88. The van der Waals surface area contributed by atoms with Crippen molar-refractivity contribution in [2.75, 3.05) is 13.1 Å². The van der Waals surface area contributed by atoms with E-state index in [0.717, 1.165) is 31.5 Å². The number of amides is 2. The number of nitrogens with zero attached hydrogens (tertiary/aromatic N) is 1. The molecule has 21 heavy (non-hydrogen) atoms. The quantitative estimate of drug-likeness (QED) is 0.869. The van der Waals surface area contributed by atoms with Crippen molar-refractivity contribution in [2.24, 2.45) is 5.92 Å². The molecule has 0 saturated carbocycles. The van der Waals surface area contributed by atoms with Crippen LogP contribution in [0.4, 0.5) is 0 Å². The van der Waals surface area contributed by atoms with Crippen LogP contribution < -0.4 is 5.32 Å². The molecule has 2 rings (SSSR count). The van der Waals surface area contributed by atoms with Crippen molar-refractivity contribution in [2.45, 2.75) is 32.7 Å². The van der Waals surface area contributed by atoms with Crippen molar-refractivity contribution >= 4 is 23.4 Å². The normalized spacial score (nSPS) is 15.8. The topological polar surface area (TPSA) is 49.4 Å². The van der Waals surface area contributed by atoms with Gasteiger partial charge >= 0.3 is 0 Å². The zero-order chi connectivity index (χ0) is 15.2. The van der Waals surface area contributed by atoms with Crippen molar-refractivity contribution in [3.05, 3.63) is 34.9 Å². The van der Waals surface area contributed by atoms with Crippen LogP contribution in [0.3, 0.4) is 0 Å². The van der Waals surface area contributed by atoms with Crippen LogP contribution in [0.2, 0.25) is 5.02 Å². The van der Waals surface area contributed by atoms with Crippen LogP contribution in [-0.4, -0.2) is 29.8 Å². The van der Waals surface area contributed by atoms with Gasteiger partial charge in [-0.15, -0.1) is 0 Å². The Bertz CT molecular complexity index is 511. The molecule has 1 saturated heterocycles. The first-order valence-corrected chi connectivity index (χ1v) is 7.72. The first-order valence-electron chi connectivity index (χ1n) is 7.34. The molecule has 5 heteroatoms. The highest BCUT2D eigenvalue weighted by molar-refractivity contribution is 6.31. The molecule has 0 aromatic heterocycles. The molecule has 0 radical (unpaired) electrons. The minimum absolute atomic E-state index is 0.0845. The summed E-state index contributed by atoms with van der Waals surface area (Å²) >= 11 is 6.02. The van der Waals surface area contributed by atoms with Crippen LogP contribution in [-0.2, 0) is 16.1 Å². The van der Waals surface area contributed by atoms with E-state index in [-0.39, 0.29) is 18.2 Å². The molecule has 1 N–H and O–H groups in total. The minimum Gasteiger partial charge on any atom is -0.352 e. The van der Waals surface area contributed by atoms with Crippen LogP contribution in [0, 0.1) is 5.92 Å². The molecule has 1 fully saturated rings. The largest absolute Gasteiger partial charge is 0.352 e. The maximum Gasteiger partial charge on any atom is 0.232 e. The lowest BCUT2D eigenvalue weighted by Crippen LogP contribution is -2.40. The van der Waals surface area contributed by atoms with Crippen LogP contribution in [0.25, 0.3) is 0 Å². The van der Waals surface area contributed by atoms with Crippen molar-refractivity contribution in [3.8, 4) is 0 Å². The van der Waals surface area contributed by atoms with E-state index < -0.39 is 0 Å². The SMILES string of the molecule is CC1CCN(C(=O)CC(=O)NCc2ccccc2Cl)CC1. The summed E-state index contributed by atoms with van der Waals surface area (Å²) in [5.74, 6) is 0.334. The van der Waals surface area contributed by atoms with Crippen LogP contribution in [0.15, 0.2) is 24.3 Å². The van der Waals surface area contributed by atoms with Gasteiger partial charge in [0, 0.05) is 24.7 Å². The Morgan fingerprint density at radius 3 is 2.62 bits per heavy atom. The van der Waals surface area contributed by atoms with E-state index in [2.05, 4.69) is 12.2 Å². The number of likely N-dealkylation sites (tertiary alicyclic amines) is 1. The molecule has 0 aliphatic carbocycles. The molecule has 1 aromatic rings. The first-order chi connectivity index (χ1) is 10.1. The van der Waals surface area contributed by atoms with Gasteiger partial charge < -0.3 is 10.2 Å². The molecule has 0 spiro atoms. The molecule has 0 bridgehead atoms. The number of halogens is 1. The highest BCUT2D eigenvalue weighted by Gasteiger charge is 2.21. The molecule has 1 heterocycles. The predicted molar refractivity (Wildman–Crippen MR) is 82.9 cm³/mol. The van der Waals surface area contributed by atoms with E-state index in [4.69, 9.17) is 11.6 Å². The summed E-state index contributed by atoms with van der Waals surface area (Å²) in [6, 6.07) is 7.35. The highest BCUT2D eigenvalue weighted by Crippen LogP contribution is 2.17. The summed E-state index contributed by atoms with van der Waals surface area (Å²) < 4.78 is 0. The van der Waals surface area contributed by atoms with E-state index in [1.165, 1.54) is 0 Å². The fourth-order valence-corrected chi connectivity index (χ4v) is 2.61. The molecule has 2 amide bonds. The first kappa shape index (κ1) is 15.8. The second-order valence-corrected chi connectivity index (χ2v) is 6.02. The molecule has 1 aliphatic rings. The van der Waals surface area contributed by atoms with Crippen molar-refractivity contribution in [3.63, 3.8) is 0 Å². The summed E-state index contributed by atoms with van der Waals surface area (Å²) in [5.41, 5.74) is 0.853. The second kappa shape index (κ2) is 7.46. The Morgan fingerprint density at radius 1 is 1.29 bits per heavy atom. The highest BCUT2D eigenvalue weighted by atomic mass is 35.5. The summed E-state index contributed by atoms with van der Waals surface area (Å²) in [6.07, 6.45) is 1.96. The summed E-state index contributed by atoms with van der Waals surface area (Å²) in [4.78, 5) is 25.7. The van der Waals surface area contributed by atoms with Crippen molar-refractivity contribution in [1.82, 2.24) is 10.2 Å². The zero-order valence-corrected chi connectivity index (χ0v) is 13.0. The van der Waals surface area contributed by atoms with Crippen LogP contribution in [0.1, 0.15) is 31.7 Å². The van der Waals surface area contributed by atoms with Gasteiger partial charge in [-0.2, -0.15) is 0 Å². The third kappa shape index (κ3) is 4.74. The van der Waals surface area contributed by atoms with E-state index in [0.29, 0.717) is 17.5 Å². The number of carbonyl (C=O) groups is 2. The molecule has 0 unspecified atom stereocenters. The maximum absolute atomic E-state index is 12.0. The number of piperidine rings is 1. The van der Waals surface area contributed by atoms with Gasteiger partial charge in [0.05, 0.1) is 0 Å². The molecular formula is C16H21ClN2O2. The lowest BCUT2D eigenvalue weighted by molar-refractivity contribution is -0.137. The predicted octanol–water partition coefficient (Wildman–Crippen LogP) is 2.60. The zero-order valence-electron chi connectivity index (χ0n) is 12.3. The Kier molecular flexibility index (Phi) is 5.62. The number of hydrogen-bond donors (Lipinski definition) is 1. The monoisotopic (exact) mass is 308 g/mol. The average molecular weight is 309 g/mol. The lowest BCUT2D eigenvalue weighted by Gasteiger charge is -2.30. The van der Waals surface area contributed by atoms with E-state index >= 15 is 0 Å². The molecule has 114 valence electrons. The molecule has 1 aromatic carbocycles. The average Bonchev–Trinajstić information content (AvgIpc) is 2.47. The van der Waals surface area contributed by atoms with E-state index in [1.54, 1.807) is 11.0 Å². The fourth-order valence-electron chi connectivity index (χ4n) is 2.41. The Morgan fingerprint density at radius 2 is 1.95 bits per heavy atom. The number of hydrogen-bond acceptors (Lipinski definition) is 2. The van der Waals surface area contributed by atoms with E-state index in [1.807, 2.05) is 18.2 Å². The van der Waals surface area contributed by atoms with Gasteiger partial charge in [0.1, 0.15) is 6.42 Å². The number of rotatable bonds is 4. The maximum atomic E-state index is 12.0. The molecule has 0 atom stereocenters. The molecule has 4 nitrogen and oxygen atoms in total. The number of carbonyl (C=O) groups excluding carboxylic acids is 2. The molecule has 1 aliphatic heterocycles. The van der Waals surface area contributed by atoms with Crippen molar-refractivity contribution in [1.29, 1.82) is 0 Å². The van der Waals surface area contributed by atoms with Gasteiger partial charge in [0.25, 0.3) is 0 Å². The second-order valence-electron chi connectivity index (χ2n) is 5.61. The van der Waals surface area contributed by atoms with Crippen molar-refractivity contribution < 1.29 is 9.59 Å². The van der Waals surface area contributed by atoms with Gasteiger partial charge in [-0.3, -0.25) is 9.59 Å². The lowest BCUT2D eigenvalue weighted by atomic mass is 9.99. The van der Waals surface area contributed by atoms with E-state index in [9.17, 15) is 9.59 Å². The Hall–Kier alpha value is -1.55. The molecular weight excluding hydrogens is 288 g/mol. The summed E-state index contributed by atoms with van der Waals surface area (Å²) in [7, 11) is 0. The minimum atomic E-state index is -0.251.